The molecule has 1 heterocycles. The fourth-order valence-electron chi connectivity index (χ4n) is 3.35. The minimum absolute atomic E-state index is 0.0961. The molecule has 132 valence electrons. The Hall–Kier alpha value is -2.17. The van der Waals surface area contributed by atoms with Crippen molar-refractivity contribution in [2.45, 2.75) is 38.0 Å². The molecule has 1 fully saturated rings. The minimum Gasteiger partial charge on any atom is -0.469 e. The van der Waals surface area contributed by atoms with Gasteiger partial charge in [-0.05, 0) is 18.1 Å². The van der Waals surface area contributed by atoms with Gasteiger partial charge in [0.05, 0.1) is 13.5 Å². The molecule has 3 rings (SSSR count). The van der Waals surface area contributed by atoms with Crippen molar-refractivity contribution in [2.24, 2.45) is 0 Å². The van der Waals surface area contributed by atoms with Crippen LogP contribution in [0.1, 0.15) is 30.5 Å². The first-order chi connectivity index (χ1) is 12.2. The number of nitrogens with one attached hydrogen (secondary N) is 1. The fourth-order valence-corrected chi connectivity index (χ4v) is 3.35. The number of hydrogen-bond acceptors (Lipinski definition) is 4. The number of benzene rings is 2. The molecule has 0 amide bonds. The number of esters is 1. The van der Waals surface area contributed by atoms with E-state index in [1.165, 1.54) is 18.2 Å². The molecule has 0 aliphatic carbocycles. The number of carbonyl (C=O) groups excluding carboxylic acids is 1. The molecule has 2 aromatic rings. The first kappa shape index (κ1) is 17.6. The standard InChI is InChI=1S/C21H26N2O2/c1-16(18-11-7-4-8-12-18)23-15-20(23)19(13-21(24)25-2)22-14-17-9-5-3-6-10-17/h3-12,16,19-20,22H,13-15H2,1-2H3/t16-,19-,20+,23?/m1/s1. The summed E-state index contributed by atoms with van der Waals surface area (Å²) < 4.78 is 4.89. The van der Waals surface area contributed by atoms with E-state index in [2.05, 4.69) is 53.5 Å². The Kier molecular flexibility index (Phi) is 5.84. The van der Waals surface area contributed by atoms with Crippen LogP contribution >= 0.6 is 0 Å². The molecule has 0 spiro atoms. The van der Waals surface area contributed by atoms with Crippen LogP contribution in [0.25, 0.3) is 0 Å². The van der Waals surface area contributed by atoms with Gasteiger partial charge in [-0.1, -0.05) is 60.7 Å². The number of carbonyl (C=O) groups is 1. The molecule has 4 heteroatoms. The van der Waals surface area contributed by atoms with Crippen LogP contribution in [0.5, 0.6) is 0 Å². The van der Waals surface area contributed by atoms with Gasteiger partial charge in [-0.15, -0.1) is 0 Å². The number of methoxy groups -OCH3 is 1. The van der Waals surface area contributed by atoms with Crippen LogP contribution in [-0.2, 0) is 16.1 Å². The van der Waals surface area contributed by atoms with Crippen molar-refractivity contribution in [1.82, 2.24) is 10.2 Å². The highest BCUT2D eigenvalue weighted by atomic mass is 16.5. The summed E-state index contributed by atoms with van der Waals surface area (Å²) in [6, 6.07) is 21.6. The summed E-state index contributed by atoms with van der Waals surface area (Å²) in [5.41, 5.74) is 2.53. The zero-order valence-electron chi connectivity index (χ0n) is 14.9. The van der Waals surface area contributed by atoms with Crippen LogP contribution < -0.4 is 5.32 Å². The molecule has 1 aliphatic heterocycles. The van der Waals surface area contributed by atoms with Gasteiger partial charge in [0.25, 0.3) is 0 Å². The topological polar surface area (TPSA) is 41.3 Å². The van der Waals surface area contributed by atoms with E-state index in [9.17, 15) is 4.79 Å². The van der Waals surface area contributed by atoms with Crippen LogP contribution in [0.4, 0.5) is 0 Å². The first-order valence-corrected chi connectivity index (χ1v) is 8.84. The van der Waals surface area contributed by atoms with E-state index in [-0.39, 0.29) is 12.0 Å². The smallest absolute Gasteiger partial charge is 0.307 e. The summed E-state index contributed by atoms with van der Waals surface area (Å²) in [6.07, 6.45) is 0.395. The Balaban J connectivity index is 1.63. The lowest BCUT2D eigenvalue weighted by molar-refractivity contribution is -0.141. The van der Waals surface area contributed by atoms with E-state index in [1.807, 2.05) is 24.3 Å². The van der Waals surface area contributed by atoms with Crippen LogP contribution in [0.15, 0.2) is 60.7 Å². The Bertz CT molecular complexity index is 675. The summed E-state index contributed by atoms with van der Waals surface area (Å²) in [7, 11) is 1.45. The molecule has 0 aromatic heterocycles. The Morgan fingerprint density at radius 1 is 1.16 bits per heavy atom. The van der Waals surface area contributed by atoms with Crippen molar-refractivity contribution in [3.63, 3.8) is 0 Å². The number of nitrogens with zero attached hydrogens (tertiary/aromatic N) is 1. The first-order valence-electron chi connectivity index (χ1n) is 8.84. The maximum Gasteiger partial charge on any atom is 0.307 e. The Morgan fingerprint density at radius 2 is 1.80 bits per heavy atom. The second-order valence-electron chi connectivity index (χ2n) is 6.60. The molecule has 0 radical (unpaired) electrons. The molecular formula is C21H26N2O2. The van der Waals surface area contributed by atoms with E-state index in [1.54, 1.807) is 0 Å². The normalized spacial score (nSPS) is 21.4. The lowest BCUT2D eigenvalue weighted by Gasteiger charge is -2.21. The largest absolute Gasteiger partial charge is 0.469 e. The second-order valence-corrected chi connectivity index (χ2v) is 6.60. The van der Waals surface area contributed by atoms with Gasteiger partial charge in [0.2, 0.25) is 0 Å². The van der Waals surface area contributed by atoms with Crippen LogP contribution in [0.3, 0.4) is 0 Å². The summed E-state index contributed by atoms with van der Waals surface area (Å²) in [6.45, 7) is 3.98. The van der Waals surface area contributed by atoms with Gasteiger partial charge in [0.15, 0.2) is 0 Å². The van der Waals surface area contributed by atoms with Crippen LogP contribution in [-0.4, -0.2) is 36.6 Å². The zero-order chi connectivity index (χ0) is 17.6. The second kappa shape index (κ2) is 8.28. The van der Waals surface area contributed by atoms with E-state index >= 15 is 0 Å². The SMILES string of the molecule is COC(=O)C[C@@H](NCc1ccccc1)[C@@H]1CN1[C@H](C)c1ccccc1. The molecule has 0 saturated carbocycles. The zero-order valence-corrected chi connectivity index (χ0v) is 14.9. The number of rotatable bonds is 8. The summed E-state index contributed by atoms with van der Waals surface area (Å²) in [5.74, 6) is -0.162. The third kappa shape index (κ3) is 4.68. The summed E-state index contributed by atoms with van der Waals surface area (Å²) in [4.78, 5) is 14.3. The predicted molar refractivity (Wildman–Crippen MR) is 99.1 cm³/mol. The van der Waals surface area contributed by atoms with Gasteiger partial charge in [0, 0.05) is 31.2 Å². The van der Waals surface area contributed by atoms with Gasteiger partial charge in [-0.25, -0.2) is 0 Å². The van der Waals surface area contributed by atoms with Gasteiger partial charge in [-0.3, -0.25) is 9.69 Å². The van der Waals surface area contributed by atoms with Crippen LogP contribution in [0.2, 0.25) is 0 Å². The molecule has 0 bridgehead atoms. The number of ether oxygens (including phenoxy) is 1. The molecule has 1 unspecified atom stereocenters. The molecular weight excluding hydrogens is 312 g/mol. The Morgan fingerprint density at radius 3 is 2.44 bits per heavy atom. The van der Waals surface area contributed by atoms with Crippen molar-refractivity contribution in [3.8, 4) is 0 Å². The molecule has 2 aromatic carbocycles. The maximum absolute atomic E-state index is 11.8. The fraction of sp³-hybridized carbons (Fsp3) is 0.381. The molecule has 4 nitrogen and oxygen atoms in total. The lowest BCUT2D eigenvalue weighted by atomic mass is 10.1. The van der Waals surface area contributed by atoms with Gasteiger partial charge in [-0.2, -0.15) is 0 Å². The summed E-state index contributed by atoms with van der Waals surface area (Å²) >= 11 is 0. The molecule has 25 heavy (non-hydrogen) atoms. The highest BCUT2D eigenvalue weighted by Crippen LogP contribution is 2.34. The van der Waals surface area contributed by atoms with Crippen molar-refractivity contribution in [1.29, 1.82) is 0 Å². The highest BCUT2D eigenvalue weighted by molar-refractivity contribution is 5.70. The third-order valence-electron chi connectivity index (χ3n) is 4.96. The Labute approximate surface area is 149 Å². The lowest BCUT2D eigenvalue weighted by Crippen LogP contribution is -2.38. The van der Waals surface area contributed by atoms with E-state index in [0.717, 1.165) is 13.1 Å². The quantitative estimate of drug-likeness (QED) is 0.593. The summed E-state index contributed by atoms with van der Waals surface area (Å²) in [5, 5.41) is 3.56. The maximum atomic E-state index is 11.8. The van der Waals surface area contributed by atoms with E-state index in [0.29, 0.717) is 18.5 Å². The molecule has 1 aliphatic rings. The van der Waals surface area contributed by atoms with Crippen molar-refractivity contribution >= 4 is 5.97 Å². The van der Waals surface area contributed by atoms with Crippen LogP contribution in [0, 0.1) is 0 Å². The molecule has 1 N–H and O–H groups in total. The predicted octanol–water partition coefficient (Wildman–Crippen LogP) is 3.15. The van der Waals surface area contributed by atoms with Gasteiger partial charge < -0.3 is 10.1 Å². The molecule has 4 atom stereocenters. The average molecular weight is 338 g/mol. The van der Waals surface area contributed by atoms with Crippen molar-refractivity contribution in [2.75, 3.05) is 13.7 Å². The highest BCUT2D eigenvalue weighted by Gasteiger charge is 2.44. The van der Waals surface area contributed by atoms with Gasteiger partial charge >= 0.3 is 5.97 Å². The number of hydrogen-bond donors (Lipinski definition) is 1. The monoisotopic (exact) mass is 338 g/mol. The van der Waals surface area contributed by atoms with E-state index < -0.39 is 0 Å². The average Bonchev–Trinajstić information content (AvgIpc) is 3.46. The van der Waals surface area contributed by atoms with Gasteiger partial charge in [0.1, 0.15) is 0 Å². The third-order valence-corrected chi connectivity index (χ3v) is 4.96. The minimum atomic E-state index is -0.162. The van der Waals surface area contributed by atoms with E-state index in [4.69, 9.17) is 4.74 Å². The van der Waals surface area contributed by atoms with Crippen molar-refractivity contribution in [3.05, 3.63) is 71.8 Å². The molecule has 1 saturated heterocycles. The van der Waals surface area contributed by atoms with Crippen molar-refractivity contribution < 1.29 is 9.53 Å².